The highest BCUT2D eigenvalue weighted by molar-refractivity contribution is 7.15. The molecule has 0 radical (unpaired) electrons. The second kappa shape index (κ2) is 7.77. The number of benzene rings is 2. The lowest BCUT2D eigenvalue weighted by atomic mass is 10.1. The fourth-order valence-electron chi connectivity index (χ4n) is 2.01. The van der Waals surface area contributed by atoms with Crippen molar-refractivity contribution in [3.8, 4) is 0 Å². The Labute approximate surface area is 156 Å². The van der Waals surface area contributed by atoms with Crippen LogP contribution in [0, 0.1) is 5.82 Å². The fraction of sp³-hybridized carbons (Fsp3) is 0.0625. The topological polar surface area (TPSA) is 66.9 Å². The van der Waals surface area contributed by atoms with Crippen LogP contribution in [0.2, 0.25) is 10.0 Å². The third-order valence-corrected chi connectivity index (χ3v) is 4.74. The molecule has 0 atom stereocenters. The number of nitrogens with zero attached hydrogens (tertiary/aromatic N) is 2. The third kappa shape index (κ3) is 4.66. The van der Waals surface area contributed by atoms with Crippen LogP contribution in [0.4, 0.5) is 20.0 Å². The van der Waals surface area contributed by atoms with Crippen molar-refractivity contribution in [2.45, 2.75) is 6.42 Å². The molecule has 5 nitrogen and oxygen atoms in total. The molecule has 3 aromatic rings. The second-order valence-electron chi connectivity index (χ2n) is 4.98. The van der Waals surface area contributed by atoms with Crippen LogP contribution in [0.1, 0.15) is 10.6 Å². The SMILES string of the molecule is O=C(Nc1ccc(Cl)c(Cl)c1)Nc1nnc(Cc2ccccc2F)s1. The molecule has 0 saturated carbocycles. The molecular weight excluding hydrogens is 386 g/mol. The molecule has 2 N–H and O–H groups in total. The highest BCUT2D eigenvalue weighted by atomic mass is 35.5. The van der Waals surface area contributed by atoms with Gasteiger partial charge in [-0.25, -0.2) is 9.18 Å². The molecule has 0 aliphatic rings. The number of anilines is 2. The molecule has 25 heavy (non-hydrogen) atoms. The molecule has 1 heterocycles. The minimum Gasteiger partial charge on any atom is -0.308 e. The van der Waals surface area contributed by atoms with Crippen molar-refractivity contribution in [1.82, 2.24) is 10.2 Å². The van der Waals surface area contributed by atoms with E-state index in [0.717, 1.165) is 0 Å². The summed E-state index contributed by atoms with van der Waals surface area (Å²) in [6, 6.07) is 10.7. The molecule has 0 saturated heterocycles. The van der Waals surface area contributed by atoms with Gasteiger partial charge in [-0.2, -0.15) is 0 Å². The number of rotatable bonds is 4. The first-order valence-corrected chi connectivity index (χ1v) is 8.67. The van der Waals surface area contributed by atoms with E-state index in [-0.39, 0.29) is 5.82 Å². The largest absolute Gasteiger partial charge is 0.325 e. The van der Waals surface area contributed by atoms with Gasteiger partial charge in [-0.15, -0.1) is 10.2 Å². The summed E-state index contributed by atoms with van der Waals surface area (Å²) in [4.78, 5) is 12.0. The van der Waals surface area contributed by atoms with Crippen LogP contribution < -0.4 is 10.6 Å². The van der Waals surface area contributed by atoms with Gasteiger partial charge in [0.05, 0.1) is 10.0 Å². The van der Waals surface area contributed by atoms with E-state index in [2.05, 4.69) is 20.8 Å². The van der Waals surface area contributed by atoms with Crippen molar-refractivity contribution in [3.63, 3.8) is 0 Å². The van der Waals surface area contributed by atoms with Crippen molar-refractivity contribution in [3.05, 3.63) is 68.9 Å². The number of hydrogen-bond donors (Lipinski definition) is 2. The van der Waals surface area contributed by atoms with Crippen molar-refractivity contribution in [2.75, 3.05) is 10.6 Å². The Balaban J connectivity index is 1.61. The van der Waals surface area contributed by atoms with E-state index >= 15 is 0 Å². The van der Waals surface area contributed by atoms with E-state index in [9.17, 15) is 9.18 Å². The molecule has 128 valence electrons. The van der Waals surface area contributed by atoms with Gasteiger partial charge in [0.2, 0.25) is 5.13 Å². The number of carbonyl (C=O) groups excluding carboxylic acids is 1. The predicted molar refractivity (Wildman–Crippen MR) is 98.2 cm³/mol. The zero-order valence-electron chi connectivity index (χ0n) is 12.6. The quantitative estimate of drug-likeness (QED) is 0.635. The van der Waals surface area contributed by atoms with Crippen LogP contribution in [-0.2, 0) is 6.42 Å². The summed E-state index contributed by atoms with van der Waals surface area (Å²) in [6.45, 7) is 0. The Hall–Kier alpha value is -2.22. The Bertz CT molecular complexity index is 919. The van der Waals surface area contributed by atoms with Gasteiger partial charge in [-0.05, 0) is 29.8 Å². The smallest absolute Gasteiger partial charge is 0.308 e. The lowest BCUT2D eigenvalue weighted by Gasteiger charge is -2.06. The zero-order chi connectivity index (χ0) is 17.8. The summed E-state index contributed by atoms with van der Waals surface area (Å²) >= 11 is 12.9. The summed E-state index contributed by atoms with van der Waals surface area (Å²) in [5.41, 5.74) is 1.01. The van der Waals surface area contributed by atoms with Gasteiger partial charge in [0.25, 0.3) is 0 Å². The first-order valence-electron chi connectivity index (χ1n) is 7.10. The minimum atomic E-state index is -0.494. The van der Waals surface area contributed by atoms with E-state index in [0.29, 0.717) is 37.9 Å². The maximum absolute atomic E-state index is 13.7. The Morgan fingerprint density at radius 3 is 2.64 bits per heavy atom. The molecule has 0 aliphatic heterocycles. The Morgan fingerprint density at radius 1 is 1.08 bits per heavy atom. The molecule has 0 unspecified atom stereocenters. The molecule has 0 aliphatic carbocycles. The first kappa shape index (κ1) is 17.6. The number of carbonyl (C=O) groups is 1. The van der Waals surface area contributed by atoms with Crippen molar-refractivity contribution in [1.29, 1.82) is 0 Å². The van der Waals surface area contributed by atoms with E-state index in [4.69, 9.17) is 23.2 Å². The van der Waals surface area contributed by atoms with Crippen LogP contribution in [0.25, 0.3) is 0 Å². The van der Waals surface area contributed by atoms with Crippen LogP contribution >= 0.6 is 34.5 Å². The third-order valence-electron chi connectivity index (χ3n) is 3.16. The van der Waals surface area contributed by atoms with E-state index < -0.39 is 6.03 Å². The van der Waals surface area contributed by atoms with Crippen molar-refractivity contribution in [2.24, 2.45) is 0 Å². The van der Waals surface area contributed by atoms with E-state index in [1.165, 1.54) is 23.5 Å². The minimum absolute atomic E-state index is 0.301. The standard InChI is InChI=1S/C16H11Cl2FN4OS/c17-11-6-5-10(8-12(11)18)20-15(24)21-16-23-22-14(25-16)7-9-3-1-2-4-13(9)19/h1-6,8H,7H2,(H2,20,21,23,24). The molecule has 1 aromatic heterocycles. The lowest BCUT2D eigenvalue weighted by Crippen LogP contribution is -2.19. The van der Waals surface area contributed by atoms with Crippen LogP contribution in [-0.4, -0.2) is 16.2 Å². The van der Waals surface area contributed by atoms with Gasteiger partial charge in [0.1, 0.15) is 10.8 Å². The number of nitrogens with one attached hydrogen (secondary N) is 2. The normalized spacial score (nSPS) is 10.5. The average Bonchev–Trinajstić information content (AvgIpc) is 3.00. The molecule has 2 amide bonds. The summed E-state index contributed by atoms with van der Waals surface area (Å²) in [5, 5.41) is 14.7. The molecule has 0 spiro atoms. The highest BCUT2D eigenvalue weighted by Crippen LogP contribution is 2.25. The summed E-state index contributed by atoms with van der Waals surface area (Å²) in [5.74, 6) is -0.301. The lowest BCUT2D eigenvalue weighted by molar-refractivity contribution is 0.262. The molecule has 0 bridgehead atoms. The van der Waals surface area contributed by atoms with Gasteiger partial charge in [0, 0.05) is 12.1 Å². The summed E-state index contributed by atoms with van der Waals surface area (Å²) in [7, 11) is 0. The molecule has 3 rings (SSSR count). The Kier molecular flexibility index (Phi) is 5.47. The highest BCUT2D eigenvalue weighted by Gasteiger charge is 2.11. The molecule has 2 aromatic carbocycles. The van der Waals surface area contributed by atoms with Gasteiger partial charge in [-0.3, -0.25) is 5.32 Å². The summed E-state index contributed by atoms with van der Waals surface area (Å²) in [6.07, 6.45) is 0.306. The maximum Gasteiger partial charge on any atom is 0.325 e. The predicted octanol–water partition coefficient (Wildman–Crippen LogP) is 5.22. The van der Waals surface area contributed by atoms with E-state index in [1.807, 2.05) is 0 Å². The van der Waals surface area contributed by atoms with E-state index in [1.54, 1.807) is 30.3 Å². The molecule has 9 heteroatoms. The van der Waals surface area contributed by atoms with Gasteiger partial charge in [0.15, 0.2) is 0 Å². The van der Waals surface area contributed by atoms with Crippen molar-refractivity contribution >= 4 is 51.4 Å². The second-order valence-corrected chi connectivity index (χ2v) is 6.85. The Morgan fingerprint density at radius 2 is 1.88 bits per heavy atom. The number of halogens is 3. The van der Waals surface area contributed by atoms with Crippen LogP contribution in [0.3, 0.4) is 0 Å². The number of hydrogen-bond acceptors (Lipinski definition) is 4. The monoisotopic (exact) mass is 396 g/mol. The number of urea groups is 1. The van der Waals surface area contributed by atoms with Gasteiger partial charge >= 0.3 is 6.03 Å². The van der Waals surface area contributed by atoms with Gasteiger partial charge in [-0.1, -0.05) is 52.7 Å². The van der Waals surface area contributed by atoms with Crippen molar-refractivity contribution < 1.29 is 9.18 Å². The first-order chi connectivity index (χ1) is 12.0. The fourth-order valence-corrected chi connectivity index (χ4v) is 3.07. The van der Waals surface area contributed by atoms with Crippen LogP contribution in [0.5, 0.6) is 0 Å². The van der Waals surface area contributed by atoms with Crippen LogP contribution in [0.15, 0.2) is 42.5 Å². The zero-order valence-corrected chi connectivity index (χ0v) is 14.9. The maximum atomic E-state index is 13.7. The number of amides is 2. The van der Waals surface area contributed by atoms with Gasteiger partial charge < -0.3 is 5.32 Å². The summed E-state index contributed by atoms with van der Waals surface area (Å²) < 4.78 is 13.7. The number of aromatic nitrogens is 2. The average molecular weight is 397 g/mol. The molecule has 0 fully saturated rings. The molecular formula is C16H11Cl2FN4OS.